The highest BCUT2D eigenvalue weighted by Gasteiger charge is 2.37. The molecule has 7 heteroatoms. The molecule has 0 fully saturated rings. The standard InChI is InChI=1S/C10H9BrF3NO2/c1-2-6(9(16)17)8-7(10(12,13)14)3-5(11)4-15-8/h3-4,6H,2H2,1H3,(H,16,17). The van der Waals surface area contributed by atoms with E-state index in [2.05, 4.69) is 20.9 Å². The predicted octanol–water partition coefficient (Wildman–Crippen LogP) is 3.44. The molecule has 3 nitrogen and oxygen atoms in total. The van der Waals surface area contributed by atoms with Gasteiger partial charge in [-0.2, -0.15) is 13.2 Å². The number of pyridine rings is 1. The van der Waals surface area contributed by atoms with E-state index >= 15 is 0 Å². The van der Waals surface area contributed by atoms with E-state index in [0.717, 1.165) is 12.3 Å². The minimum absolute atomic E-state index is 0.0487. The second-order valence-corrected chi connectivity index (χ2v) is 4.30. The van der Waals surface area contributed by atoms with Crippen LogP contribution in [0, 0.1) is 0 Å². The van der Waals surface area contributed by atoms with Gasteiger partial charge < -0.3 is 5.11 Å². The van der Waals surface area contributed by atoms with E-state index in [1.165, 1.54) is 6.92 Å². The summed E-state index contributed by atoms with van der Waals surface area (Å²) in [5.74, 6) is -2.56. The van der Waals surface area contributed by atoms with Crippen LogP contribution in [0.25, 0.3) is 0 Å². The summed E-state index contributed by atoms with van der Waals surface area (Å²) in [4.78, 5) is 14.5. The molecule has 17 heavy (non-hydrogen) atoms. The van der Waals surface area contributed by atoms with Crippen molar-refractivity contribution in [3.8, 4) is 0 Å². The average molecular weight is 312 g/mol. The van der Waals surface area contributed by atoms with E-state index in [9.17, 15) is 18.0 Å². The smallest absolute Gasteiger partial charge is 0.418 e. The minimum atomic E-state index is -4.62. The first-order valence-corrected chi connectivity index (χ1v) is 5.52. The Labute approximate surface area is 104 Å². The van der Waals surface area contributed by atoms with E-state index < -0.39 is 29.3 Å². The molecule has 1 heterocycles. The van der Waals surface area contributed by atoms with Gasteiger partial charge in [-0.15, -0.1) is 0 Å². The van der Waals surface area contributed by atoms with Crippen molar-refractivity contribution < 1.29 is 23.1 Å². The number of carboxylic acids is 1. The molecule has 0 saturated carbocycles. The van der Waals surface area contributed by atoms with Gasteiger partial charge in [-0.25, -0.2) is 0 Å². The maximum Gasteiger partial charge on any atom is 0.418 e. The molecule has 0 bridgehead atoms. The van der Waals surface area contributed by atoms with Gasteiger partial charge in [0, 0.05) is 10.7 Å². The van der Waals surface area contributed by atoms with E-state index in [4.69, 9.17) is 5.11 Å². The summed E-state index contributed by atoms with van der Waals surface area (Å²) in [6.45, 7) is 1.50. The molecule has 1 unspecified atom stereocenters. The van der Waals surface area contributed by atoms with Crippen molar-refractivity contribution in [3.63, 3.8) is 0 Å². The number of hydrogen-bond donors (Lipinski definition) is 1. The number of nitrogens with zero attached hydrogens (tertiary/aromatic N) is 1. The van der Waals surface area contributed by atoms with Crippen LogP contribution in [-0.2, 0) is 11.0 Å². The quantitative estimate of drug-likeness (QED) is 0.930. The monoisotopic (exact) mass is 311 g/mol. The zero-order chi connectivity index (χ0) is 13.2. The third-order valence-corrected chi connectivity index (χ3v) is 2.66. The molecule has 0 aliphatic carbocycles. The molecule has 0 aromatic carbocycles. The zero-order valence-corrected chi connectivity index (χ0v) is 10.3. The molecule has 94 valence electrons. The molecule has 1 atom stereocenters. The Morgan fingerprint density at radius 1 is 1.59 bits per heavy atom. The molecule has 0 radical (unpaired) electrons. The van der Waals surface area contributed by atoms with Gasteiger partial charge in [0.2, 0.25) is 0 Å². The van der Waals surface area contributed by atoms with Crippen LogP contribution in [0.1, 0.15) is 30.5 Å². The first-order chi connectivity index (χ1) is 7.77. The van der Waals surface area contributed by atoms with Gasteiger partial charge >= 0.3 is 12.1 Å². The Hall–Kier alpha value is -1.11. The van der Waals surface area contributed by atoms with E-state index in [1.807, 2.05) is 0 Å². The third-order valence-electron chi connectivity index (χ3n) is 2.23. The average Bonchev–Trinajstić information content (AvgIpc) is 2.19. The van der Waals surface area contributed by atoms with Crippen LogP contribution in [0.5, 0.6) is 0 Å². The number of aromatic nitrogens is 1. The SMILES string of the molecule is CCC(C(=O)O)c1ncc(Br)cc1C(F)(F)F. The Morgan fingerprint density at radius 2 is 2.18 bits per heavy atom. The van der Waals surface area contributed by atoms with Crippen molar-refractivity contribution in [2.24, 2.45) is 0 Å². The number of carboxylic acid groups (broad SMARTS) is 1. The fourth-order valence-electron chi connectivity index (χ4n) is 1.44. The summed E-state index contributed by atoms with van der Waals surface area (Å²) in [6.07, 6.45) is -3.40. The Morgan fingerprint density at radius 3 is 2.59 bits per heavy atom. The molecule has 0 amide bonds. The number of rotatable bonds is 3. The van der Waals surface area contributed by atoms with Gasteiger partial charge in [0.25, 0.3) is 0 Å². The fraction of sp³-hybridized carbons (Fsp3) is 0.400. The molecule has 0 aliphatic rings. The van der Waals surface area contributed by atoms with E-state index in [1.54, 1.807) is 0 Å². The molecule has 0 aliphatic heterocycles. The number of halogens is 4. The lowest BCUT2D eigenvalue weighted by Gasteiger charge is -2.16. The molecule has 1 N–H and O–H groups in total. The predicted molar refractivity (Wildman–Crippen MR) is 57.6 cm³/mol. The van der Waals surface area contributed by atoms with Crippen LogP contribution in [0.2, 0.25) is 0 Å². The third kappa shape index (κ3) is 3.18. The molecule has 1 aromatic rings. The Bertz CT molecular complexity index is 434. The summed E-state index contributed by atoms with van der Waals surface area (Å²) in [7, 11) is 0. The van der Waals surface area contributed by atoms with Crippen LogP contribution in [-0.4, -0.2) is 16.1 Å². The number of alkyl halides is 3. The van der Waals surface area contributed by atoms with Crippen molar-refractivity contribution in [2.75, 3.05) is 0 Å². The van der Waals surface area contributed by atoms with Crippen molar-refractivity contribution in [2.45, 2.75) is 25.4 Å². The fourth-order valence-corrected chi connectivity index (χ4v) is 1.77. The van der Waals surface area contributed by atoms with Gasteiger partial charge in [0.15, 0.2) is 0 Å². The van der Waals surface area contributed by atoms with Gasteiger partial charge in [-0.1, -0.05) is 6.92 Å². The van der Waals surface area contributed by atoms with Crippen LogP contribution < -0.4 is 0 Å². The molecule has 1 rings (SSSR count). The maximum atomic E-state index is 12.7. The second kappa shape index (κ2) is 5.03. The highest BCUT2D eigenvalue weighted by molar-refractivity contribution is 9.10. The Balaban J connectivity index is 3.37. The van der Waals surface area contributed by atoms with Gasteiger partial charge in [0.1, 0.15) is 0 Å². The first kappa shape index (κ1) is 14.0. The topological polar surface area (TPSA) is 50.2 Å². The normalized spacial score (nSPS) is 13.5. The highest BCUT2D eigenvalue weighted by Crippen LogP contribution is 2.36. The lowest BCUT2D eigenvalue weighted by atomic mass is 9.97. The van der Waals surface area contributed by atoms with Gasteiger partial charge in [-0.05, 0) is 28.4 Å². The summed E-state index contributed by atoms with van der Waals surface area (Å²) >= 11 is 2.89. The van der Waals surface area contributed by atoms with E-state index in [0.29, 0.717) is 0 Å². The lowest BCUT2D eigenvalue weighted by Crippen LogP contribution is -2.19. The Kier molecular flexibility index (Phi) is 4.13. The minimum Gasteiger partial charge on any atom is -0.481 e. The highest BCUT2D eigenvalue weighted by atomic mass is 79.9. The van der Waals surface area contributed by atoms with Gasteiger partial charge in [-0.3, -0.25) is 9.78 Å². The van der Waals surface area contributed by atoms with Crippen molar-refractivity contribution in [1.29, 1.82) is 0 Å². The van der Waals surface area contributed by atoms with Crippen molar-refractivity contribution >= 4 is 21.9 Å². The largest absolute Gasteiger partial charge is 0.481 e. The molecule has 0 saturated heterocycles. The van der Waals surface area contributed by atoms with Crippen molar-refractivity contribution in [3.05, 3.63) is 28.0 Å². The molecule has 0 spiro atoms. The van der Waals surface area contributed by atoms with Crippen LogP contribution in [0.3, 0.4) is 0 Å². The van der Waals surface area contributed by atoms with E-state index in [-0.39, 0.29) is 10.9 Å². The number of carbonyl (C=O) groups is 1. The summed E-state index contributed by atoms with van der Waals surface area (Å²) < 4.78 is 38.4. The van der Waals surface area contributed by atoms with Crippen LogP contribution in [0.15, 0.2) is 16.7 Å². The molecular weight excluding hydrogens is 303 g/mol. The lowest BCUT2D eigenvalue weighted by molar-refractivity contribution is -0.142. The zero-order valence-electron chi connectivity index (χ0n) is 8.75. The number of hydrogen-bond acceptors (Lipinski definition) is 2. The van der Waals surface area contributed by atoms with Gasteiger partial charge in [0.05, 0.1) is 17.2 Å². The maximum absolute atomic E-state index is 12.7. The molecular formula is C10H9BrF3NO2. The summed E-state index contributed by atoms with van der Waals surface area (Å²) in [5.41, 5.74) is -1.46. The first-order valence-electron chi connectivity index (χ1n) is 4.72. The molecule has 1 aromatic heterocycles. The van der Waals surface area contributed by atoms with Crippen LogP contribution in [0.4, 0.5) is 13.2 Å². The summed E-state index contributed by atoms with van der Waals surface area (Å²) in [6, 6.07) is 0.841. The van der Waals surface area contributed by atoms with Crippen LogP contribution >= 0.6 is 15.9 Å². The number of aliphatic carboxylic acids is 1. The van der Waals surface area contributed by atoms with Crippen molar-refractivity contribution in [1.82, 2.24) is 4.98 Å². The second-order valence-electron chi connectivity index (χ2n) is 3.38. The summed E-state index contributed by atoms with van der Waals surface area (Å²) in [5, 5.41) is 8.87.